The van der Waals surface area contributed by atoms with Gasteiger partial charge in [0.2, 0.25) is 0 Å². The van der Waals surface area contributed by atoms with E-state index >= 15 is 0 Å². The van der Waals surface area contributed by atoms with Crippen molar-refractivity contribution in [3.63, 3.8) is 0 Å². The summed E-state index contributed by atoms with van der Waals surface area (Å²) in [5, 5.41) is 9.60. The minimum atomic E-state index is -0.888. The van der Waals surface area contributed by atoms with E-state index in [2.05, 4.69) is 0 Å². The summed E-state index contributed by atoms with van der Waals surface area (Å²) >= 11 is 0. The molecule has 6 heteroatoms. The Hall–Kier alpha value is -2.37. The third-order valence-corrected chi connectivity index (χ3v) is 7.36. The Labute approximate surface area is 165 Å². The van der Waals surface area contributed by atoms with Gasteiger partial charge < -0.3 is 10.0 Å². The topological polar surface area (TPSA) is 77.9 Å². The number of rotatable bonds is 4. The maximum Gasteiger partial charge on any atom is 0.327 e. The molecule has 3 amide bonds. The molecule has 0 spiro atoms. The first kappa shape index (κ1) is 19.0. The number of ketones is 1. The SMILES string of the molecule is CN1C(=O)N(CC(=O)c2cccc(O)c2)C(=O)[C@@]1(C)[C@H]1CC2CC[C@@H](CC2)C1. The number of carbonyl (C=O) groups is 3. The molecule has 5 rings (SSSR count). The van der Waals surface area contributed by atoms with Gasteiger partial charge in [-0.1, -0.05) is 37.8 Å². The fourth-order valence-corrected chi connectivity index (χ4v) is 5.45. The molecule has 4 aliphatic rings. The van der Waals surface area contributed by atoms with Gasteiger partial charge in [0.05, 0.1) is 6.54 Å². The molecule has 1 heterocycles. The summed E-state index contributed by atoms with van der Waals surface area (Å²) in [5.74, 6) is 0.784. The van der Waals surface area contributed by atoms with Crippen molar-refractivity contribution in [1.29, 1.82) is 0 Å². The van der Waals surface area contributed by atoms with E-state index in [1.54, 1.807) is 24.1 Å². The Morgan fingerprint density at radius 2 is 1.75 bits per heavy atom. The van der Waals surface area contributed by atoms with E-state index in [9.17, 15) is 19.5 Å². The number of hydrogen-bond acceptors (Lipinski definition) is 4. The summed E-state index contributed by atoms with van der Waals surface area (Å²) in [6, 6.07) is 5.60. The lowest BCUT2D eigenvalue weighted by atomic mass is 9.77. The molecule has 0 aromatic heterocycles. The Morgan fingerprint density at radius 1 is 1.14 bits per heavy atom. The van der Waals surface area contributed by atoms with Crippen molar-refractivity contribution in [2.45, 2.75) is 51.0 Å². The lowest BCUT2D eigenvalue weighted by Crippen LogP contribution is -2.51. The molecule has 6 nitrogen and oxygen atoms in total. The lowest BCUT2D eigenvalue weighted by Gasteiger charge is -2.37. The maximum absolute atomic E-state index is 13.4. The largest absolute Gasteiger partial charge is 0.508 e. The van der Waals surface area contributed by atoms with Crippen molar-refractivity contribution in [2.75, 3.05) is 13.6 Å². The predicted octanol–water partition coefficient (Wildman–Crippen LogP) is 3.44. The number of fused-ring (bicyclic) bond motifs is 4. The van der Waals surface area contributed by atoms with Crippen LogP contribution in [0.15, 0.2) is 24.3 Å². The highest BCUT2D eigenvalue weighted by atomic mass is 16.3. The second-order valence-corrected chi connectivity index (χ2v) is 8.91. The van der Waals surface area contributed by atoms with Crippen LogP contribution in [-0.2, 0) is 4.79 Å². The van der Waals surface area contributed by atoms with E-state index in [1.165, 1.54) is 37.8 Å². The van der Waals surface area contributed by atoms with Crippen LogP contribution in [0.5, 0.6) is 5.75 Å². The fraction of sp³-hybridized carbons (Fsp3) is 0.591. The van der Waals surface area contributed by atoms with Crippen LogP contribution < -0.4 is 0 Å². The van der Waals surface area contributed by atoms with Gasteiger partial charge >= 0.3 is 6.03 Å². The summed E-state index contributed by atoms with van der Waals surface area (Å²) in [4.78, 5) is 41.6. The second kappa shape index (κ2) is 6.90. The van der Waals surface area contributed by atoms with Crippen LogP contribution >= 0.6 is 0 Å². The summed E-state index contributed by atoms with van der Waals surface area (Å²) in [5.41, 5.74) is -0.592. The zero-order valence-electron chi connectivity index (χ0n) is 16.6. The van der Waals surface area contributed by atoms with Crippen molar-refractivity contribution < 1.29 is 19.5 Å². The molecule has 2 bridgehead atoms. The first-order valence-electron chi connectivity index (χ1n) is 10.2. The third-order valence-electron chi connectivity index (χ3n) is 7.36. The highest BCUT2D eigenvalue weighted by Gasteiger charge is 2.58. The van der Waals surface area contributed by atoms with Crippen LogP contribution in [0.2, 0.25) is 0 Å². The van der Waals surface area contributed by atoms with Crippen molar-refractivity contribution >= 4 is 17.7 Å². The zero-order valence-corrected chi connectivity index (χ0v) is 16.6. The minimum absolute atomic E-state index is 0.0131. The van der Waals surface area contributed by atoms with Gasteiger partial charge in [0.25, 0.3) is 5.91 Å². The van der Waals surface area contributed by atoms with E-state index < -0.39 is 11.6 Å². The van der Waals surface area contributed by atoms with Crippen molar-refractivity contribution in [3.05, 3.63) is 29.8 Å². The molecule has 150 valence electrons. The summed E-state index contributed by atoms with van der Waals surface area (Å²) < 4.78 is 0. The molecule has 0 unspecified atom stereocenters. The average Bonchev–Trinajstić information content (AvgIpc) is 2.96. The molecule has 1 atom stereocenters. The predicted molar refractivity (Wildman–Crippen MR) is 104 cm³/mol. The number of hydrogen-bond donors (Lipinski definition) is 1. The van der Waals surface area contributed by atoms with Gasteiger partial charge in [-0.15, -0.1) is 0 Å². The number of nitrogens with zero attached hydrogens (tertiary/aromatic N) is 2. The van der Waals surface area contributed by atoms with Gasteiger partial charge in [0, 0.05) is 12.6 Å². The molecule has 1 N–H and O–H groups in total. The highest BCUT2D eigenvalue weighted by molar-refractivity contribution is 6.11. The zero-order chi connectivity index (χ0) is 20.1. The monoisotopic (exact) mass is 384 g/mol. The number of phenolic OH excluding ortho intramolecular Hbond substituents is 1. The summed E-state index contributed by atoms with van der Waals surface area (Å²) in [6.07, 6.45) is 6.85. The van der Waals surface area contributed by atoms with Crippen LogP contribution in [0, 0.1) is 17.8 Å². The second-order valence-electron chi connectivity index (χ2n) is 8.91. The van der Waals surface area contributed by atoms with Crippen molar-refractivity contribution in [2.24, 2.45) is 17.8 Å². The Kier molecular flexibility index (Phi) is 4.68. The fourth-order valence-electron chi connectivity index (χ4n) is 5.45. The first-order valence-corrected chi connectivity index (χ1v) is 10.2. The standard InChI is InChI=1S/C22H28N2O4/c1-22(17-10-14-6-7-15(11-17)9-8-14)20(27)24(21(28)23(22)2)13-19(26)16-4-3-5-18(25)12-16/h3-5,12,14-15,17,25H,6-11,13H2,1-2H3/t14-,15?,17?,22-/m1/s1. The van der Waals surface area contributed by atoms with E-state index in [1.807, 2.05) is 6.92 Å². The van der Waals surface area contributed by atoms with Gasteiger partial charge in [-0.25, -0.2) is 4.79 Å². The molecular weight excluding hydrogens is 356 g/mol. The average molecular weight is 384 g/mol. The highest BCUT2D eigenvalue weighted by Crippen LogP contribution is 2.48. The molecular formula is C22H28N2O4. The normalized spacial score (nSPS) is 32.7. The van der Waals surface area contributed by atoms with Crippen molar-refractivity contribution in [1.82, 2.24) is 9.80 Å². The molecule has 1 saturated heterocycles. The summed E-state index contributed by atoms with van der Waals surface area (Å²) in [7, 11) is 1.69. The molecule has 1 aromatic carbocycles. The third kappa shape index (κ3) is 2.99. The molecule has 28 heavy (non-hydrogen) atoms. The number of aromatic hydroxyl groups is 1. The summed E-state index contributed by atoms with van der Waals surface area (Å²) in [6.45, 7) is 1.59. The Morgan fingerprint density at radius 3 is 2.32 bits per heavy atom. The lowest BCUT2D eigenvalue weighted by molar-refractivity contribution is -0.134. The number of benzene rings is 1. The molecule has 1 aliphatic heterocycles. The minimum Gasteiger partial charge on any atom is -0.508 e. The van der Waals surface area contributed by atoms with E-state index in [-0.39, 0.29) is 29.9 Å². The number of carbonyl (C=O) groups excluding carboxylic acids is 3. The number of likely N-dealkylation sites (N-methyl/N-ethyl adjacent to an activating group) is 1. The number of urea groups is 1. The number of phenols is 1. The van der Waals surface area contributed by atoms with Crippen LogP contribution in [0.1, 0.15) is 55.8 Å². The first-order chi connectivity index (χ1) is 13.3. The number of Topliss-reactive ketones (excluding diaryl/α,β-unsaturated/α-hetero) is 1. The van der Waals surface area contributed by atoms with Crippen LogP contribution in [0.3, 0.4) is 0 Å². The Balaban J connectivity index is 1.57. The van der Waals surface area contributed by atoms with Crippen LogP contribution in [-0.4, -0.2) is 51.8 Å². The van der Waals surface area contributed by atoms with Gasteiger partial charge in [0.1, 0.15) is 11.3 Å². The van der Waals surface area contributed by atoms with E-state index in [0.717, 1.165) is 17.7 Å². The van der Waals surface area contributed by atoms with Gasteiger partial charge in [-0.2, -0.15) is 0 Å². The smallest absolute Gasteiger partial charge is 0.327 e. The Bertz CT molecular complexity index is 801. The number of amides is 3. The molecule has 1 aromatic rings. The van der Waals surface area contributed by atoms with Crippen LogP contribution in [0.4, 0.5) is 4.79 Å². The van der Waals surface area contributed by atoms with Crippen LogP contribution in [0.25, 0.3) is 0 Å². The van der Waals surface area contributed by atoms with Crippen molar-refractivity contribution in [3.8, 4) is 5.75 Å². The molecule has 3 aliphatic carbocycles. The van der Waals surface area contributed by atoms with Gasteiger partial charge in [-0.05, 0) is 49.7 Å². The quantitative estimate of drug-likeness (QED) is 0.637. The van der Waals surface area contributed by atoms with E-state index in [4.69, 9.17) is 0 Å². The number of imide groups is 1. The molecule has 3 saturated carbocycles. The molecule has 0 radical (unpaired) electrons. The van der Waals surface area contributed by atoms with Gasteiger partial charge in [0.15, 0.2) is 5.78 Å². The van der Waals surface area contributed by atoms with E-state index in [0.29, 0.717) is 17.4 Å². The maximum atomic E-state index is 13.4. The van der Waals surface area contributed by atoms with Gasteiger partial charge in [-0.3, -0.25) is 14.5 Å². The molecule has 4 fully saturated rings.